The summed E-state index contributed by atoms with van der Waals surface area (Å²) in [6, 6.07) is 10.3. The fourth-order valence-corrected chi connectivity index (χ4v) is 2.91. The number of hydrogen-bond donors (Lipinski definition) is 1. The molecule has 0 aliphatic carbocycles. The van der Waals surface area contributed by atoms with Gasteiger partial charge in [0.05, 0.1) is 17.7 Å². The van der Waals surface area contributed by atoms with E-state index in [1.165, 1.54) is 10.6 Å². The summed E-state index contributed by atoms with van der Waals surface area (Å²) in [5.74, 6) is 0.545. The number of carbonyl (C=O) groups is 1. The van der Waals surface area contributed by atoms with E-state index in [1.807, 2.05) is 12.1 Å². The fraction of sp³-hybridized carbons (Fsp3) is 0.294. The molecule has 1 unspecified atom stereocenters. The first-order valence-corrected chi connectivity index (χ1v) is 7.89. The lowest BCUT2D eigenvalue weighted by molar-refractivity contribution is -0.122. The molecule has 5 nitrogen and oxygen atoms in total. The number of hydrogen-bond acceptors (Lipinski definition) is 3. The zero-order valence-electron chi connectivity index (χ0n) is 12.5. The second-order valence-corrected chi connectivity index (χ2v) is 5.80. The minimum atomic E-state index is -0.113. The van der Waals surface area contributed by atoms with Crippen molar-refractivity contribution in [3.8, 4) is 5.75 Å². The van der Waals surface area contributed by atoms with Gasteiger partial charge in [-0.05, 0) is 12.1 Å². The van der Waals surface area contributed by atoms with Crippen molar-refractivity contribution in [1.29, 1.82) is 0 Å². The predicted molar refractivity (Wildman–Crippen MR) is 87.8 cm³/mol. The van der Waals surface area contributed by atoms with Gasteiger partial charge in [0, 0.05) is 37.2 Å². The number of rotatable bonds is 4. The number of aromatic nitrogens is 1. The van der Waals surface area contributed by atoms with Gasteiger partial charge in [0.15, 0.2) is 0 Å². The molecule has 1 atom stereocenters. The molecule has 0 radical (unpaired) electrons. The van der Waals surface area contributed by atoms with Crippen LogP contribution in [0, 0.1) is 0 Å². The normalized spacial score (nSPS) is 16.3. The highest BCUT2D eigenvalue weighted by molar-refractivity contribution is 6.32. The van der Waals surface area contributed by atoms with Crippen molar-refractivity contribution >= 4 is 17.5 Å². The Morgan fingerprint density at radius 1 is 1.30 bits per heavy atom. The highest BCUT2D eigenvalue weighted by Gasteiger charge is 2.24. The monoisotopic (exact) mass is 332 g/mol. The van der Waals surface area contributed by atoms with Crippen LogP contribution in [-0.2, 0) is 11.3 Å². The third kappa shape index (κ3) is 3.56. The van der Waals surface area contributed by atoms with Gasteiger partial charge >= 0.3 is 0 Å². The predicted octanol–water partition coefficient (Wildman–Crippen LogP) is 2.53. The molecular weight excluding hydrogens is 316 g/mol. The Balaban J connectivity index is 1.64. The Morgan fingerprint density at radius 2 is 2.17 bits per heavy atom. The standard InChI is InChI=1S/C17H17ClN2O3/c18-13-5-3-4-12-14(8-11-23-17(12)13)19-15(21)7-10-20-9-2-1-6-16(20)22/h1-6,9,14H,7-8,10-11H2,(H,19,21). The van der Waals surface area contributed by atoms with Gasteiger partial charge in [-0.2, -0.15) is 0 Å². The number of nitrogens with zero attached hydrogens (tertiary/aromatic N) is 1. The molecule has 2 aromatic rings. The van der Waals surface area contributed by atoms with Gasteiger partial charge in [0.25, 0.3) is 5.56 Å². The number of carbonyl (C=O) groups excluding carboxylic acids is 1. The number of pyridine rings is 1. The smallest absolute Gasteiger partial charge is 0.250 e. The summed E-state index contributed by atoms with van der Waals surface area (Å²) in [6.45, 7) is 0.872. The molecule has 3 rings (SSSR count). The van der Waals surface area contributed by atoms with Crippen LogP contribution in [0.1, 0.15) is 24.4 Å². The topological polar surface area (TPSA) is 60.3 Å². The molecule has 1 aliphatic rings. The average molecular weight is 333 g/mol. The van der Waals surface area contributed by atoms with Gasteiger partial charge in [0.1, 0.15) is 5.75 Å². The third-order valence-electron chi connectivity index (χ3n) is 3.84. The van der Waals surface area contributed by atoms with Crippen molar-refractivity contribution in [3.05, 3.63) is 63.5 Å². The molecule has 2 heterocycles. The molecule has 0 spiro atoms. The third-order valence-corrected chi connectivity index (χ3v) is 4.14. The number of fused-ring (bicyclic) bond motifs is 1. The summed E-state index contributed by atoms with van der Waals surface area (Å²) in [5.41, 5.74) is 0.789. The number of amides is 1. The summed E-state index contributed by atoms with van der Waals surface area (Å²) in [6.07, 6.45) is 2.63. The SMILES string of the molecule is O=C(CCn1ccccc1=O)NC1CCOc2c(Cl)cccc21. The maximum Gasteiger partial charge on any atom is 0.250 e. The second kappa shape index (κ2) is 6.87. The molecule has 120 valence electrons. The van der Waals surface area contributed by atoms with E-state index in [0.717, 1.165) is 5.56 Å². The Labute approximate surface area is 138 Å². The number of aryl methyl sites for hydroxylation is 1. The largest absolute Gasteiger partial charge is 0.492 e. The number of halogens is 1. The molecule has 1 aromatic carbocycles. The highest BCUT2D eigenvalue weighted by Crippen LogP contribution is 2.37. The van der Waals surface area contributed by atoms with E-state index < -0.39 is 0 Å². The lowest BCUT2D eigenvalue weighted by atomic mass is 10.0. The van der Waals surface area contributed by atoms with E-state index in [4.69, 9.17) is 16.3 Å². The highest BCUT2D eigenvalue weighted by atomic mass is 35.5. The lowest BCUT2D eigenvalue weighted by Gasteiger charge is -2.27. The molecule has 1 amide bonds. The minimum absolute atomic E-state index is 0.0985. The van der Waals surface area contributed by atoms with Crippen LogP contribution in [0.3, 0.4) is 0 Å². The number of benzene rings is 1. The average Bonchev–Trinajstić information content (AvgIpc) is 2.55. The zero-order valence-corrected chi connectivity index (χ0v) is 13.3. The second-order valence-electron chi connectivity index (χ2n) is 5.40. The Kier molecular flexibility index (Phi) is 4.67. The van der Waals surface area contributed by atoms with Gasteiger partial charge in [-0.1, -0.05) is 29.8 Å². The van der Waals surface area contributed by atoms with Crippen molar-refractivity contribution < 1.29 is 9.53 Å². The number of nitrogens with one attached hydrogen (secondary N) is 1. The van der Waals surface area contributed by atoms with Crippen molar-refractivity contribution in [1.82, 2.24) is 9.88 Å². The first-order valence-electron chi connectivity index (χ1n) is 7.51. The summed E-state index contributed by atoms with van der Waals surface area (Å²) in [4.78, 5) is 23.8. The number of ether oxygens (including phenoxy) is 1. The molecule has 0 saturated heterocycles. The van der Waals surface area contributed by atoms with Crippen LogP contribution in [0.2, 0.25) is 5.02 Å². The van der Waals surface area contributed by atoms with Gasteiger partial charge in [0.2, 0.25) is 5.91 Å². The molecule has 1 N–H and O–H groups in total. The van der Waals surface area contributed by atoms with E-state index in [-0.39, 0.29) is 23.9 Å². The Morgan fingerprint density at radius 3 is 3.00 bits per heavy atom. The molecule has 6 heteroatoms. The Bertz CT molecular complexity index is 772. The minimum Gasteiger partial charge on any atom is -0.492 e. The van der Waals surface area contributed by atoms with Gasteiger partial charge in [-0.3, -0.25) is 9.59 Å². The Hall–Kier alpha value is -2.27. The summed E-state index contributed by atoms with van der Waals surface area (Å²) in [7, 11) is 0. The van der Waals surface area contributed by atoms with Gasteiger partial charge < -0.3 is 14.6 Å². The summed E-state index contributed by atoms with van der Waals surface area (Å²) >= 11 is 6.13. The number of para-hydroxylation sites is 1. The molecular formula is C17H17ClN2O3. The van der Waals surface area contributed by atoms with Crippen LogP contribution in [0.4, 0.5) is 0 Å². The summed E-state index contributed by atoms with van der Waals surface area (Å²) < 4.78 is 7.10. The fourth-order valence-electron chi connectivity index (χ4n) is 2.67. The van der Waals surface area contributed by atoms with E-state index in [1.54, 1.807) is 24.4 Å². The molecule has 0 fully saturated rings. The lowest BCUT2D eigenvalue weighted by Crippen LogP contribution is -2.33. The van der Waals surface area contributed by atoms with E-state index in [0.29, 0.717) is 30.3 Å². The van der Waals surface area contributed by atoms with E-state index in [9.17, 15) is 9.59 Å². The first kappa shape index (κ1) is 15.6. The first-order chi connectivity index (χ1) is 11.1. The van der Waals surface area contributed by atoms with Crippen molar-refractivity contribution in [3.63, 3.8) is 0 Å². The maximum atomic E-state index is 12.2. The van der Waals surface area contributed by atoms with Crippen molar-refractivity contribution in [2.75, 3.05) is 6.61 Å². The quantitative estimate of drug-likeness (QED) is 0.936. The molecule has 0 bridgehead atoms. The van der Waals surface area contributed by atoms with Crippen LogP contribution in [0.5, 0.6) is 5.75 Å². The zero-order chi connectivity index (χ0) is 16.2. The molecule has 0 saturated carbocycles. The van der Waals surface area contributed by atoms with Crippen LogP contribution >= 0.6 is 11.6 Å². The molecule has 23 heavy (non-hydrogen) atoms. The van der Waals surface area contributed by atoms with Crippen LogP contribution in [0.15, 0.2) is 47.4 Å². The summed E-state index contributed by atoms with van der Waals surface area (Å²) in [5, 5.41) is 3.55. The van der Waals surface area contributed by atoms with Crippen LogP contribution in [0.25, 0.3) is 0 Å². The molecule has 1 aromatic heterocycles. The van der Waals surface area contributed by atoms with Crippen LogP contribution < -0.4 is 15.6 Å². The van der Waals surface area contributed by atoms with E-state index in [2.05, 4.69) is 5.32 Å². The maximum absolute atomic E-state index is 12.2. The molecule has 1 aliphatic heterocycles. The van der Waals surface area contributed by atoms with Gasteiger partial charge in [-0.15, -0.1) is 0 Å². The van der Waals surface area contributed by atoms with Crippen molar-refractivity contribution in [2.45, 2.75) is 25.4 Å². The van der Waals surface area contributed by atoms with Crippen molar-refractivity contribution in [2.24, 2.45) is 0 Å². The van der Waals surface area contributed by atoms with E-state index >= 15 is 0 Å². The van der Waals surface area contributed by atoms with Gasteiger partial charge in [-0.25, -0.2) is 0 Å². The van der Waals surface area contributed by atoms with Crippen LogP contribution in [-0.4, -0.2) is 17.1 Å².